The van der Waals surface area contributed by atoms with Crippen LogP contribution in [0.15, 0.2) is 0 Å². The number of carboxylic acid groups (broad SMARTS) is 1. The molecule has 0 aliphatic heterocycles. The van der Waals surface area contributed by atoms with Crippen molar-refractivity contribution in [3.8, 4) is 0 Å². The van der Waals surface area contributed by atoms with Crippen LogP contribution in [-0.2, 0) is 9.59 Å². The fraction of sp³-hybridized carbons (Fsp3) is 0.867. The van der Waals surface area contributed by atoms with Gasteiger partial charge in [-0.3, -0.25) is 14.5 Å². The Hall–Kier alpha value is -1.10. The van der Waals surface area contributed by atoms with Crippen molar-refractivity contribution in [3.05, 3.63) is 0 Å². The molecule has 0 bridgehead atoms. The Bertz CT molecular complexity index is 314. The number of amides is 1. The molecule has 5 heteroatoms. The van der Waals surface area contributed by atoms with E-state index in [2.05, 4.69) is 0 Å². The highest BCUT2D eigenvalue weighted by molar-refractivity contribution is 5.79. The number of carbonyl (C=O) groups excluding carboxylic acids is 1. The SMILES string of the molecule is CCCN(CC(=O)O)CC(=O)N(CC)C1CCCCC1. The summed E-state index contributed by atoms with van der Waals surface area (Å²) in [6.45, 7) is 5.55. The Morgan fingerprint density at radius 3 is 2.25 bits per heavy atom. The molecule has 1 amide bonds. The zero-order chi connectivity index (χ0) is 15.0. The normalized spacial score (nSPS) is 16.4. The monoisotopic (exact) mass is 284 g/mol. The lowest BCUT2D eigenvalue weighted by atomic mass is 9.94. The first-order chi connectivity index (χ1) is 9.58. The average molecular weight is 284 g/mol. The predicted octanol–water partition coefficient (Wildman–Crippen LogP) is 1.96. The lowest BCUT2D eigenvalue weighted by Crippen LogP contribution is -2.47. The van der Waals surface area contributed by atoms with E-state index < -0.39 is 5.97 Å². The van der Waals surface area contributed by atoms with Crippen molar-refractivity contribution in [2.75, 3.05) is 26.2 Å². The van der Waals surface area contributed by atoms with Crippen LogP contribution < -0.4 is 0 Å². The third-order valence-electron chi connectivity index (χ3n) is 3.93. The second-order valence-electron chi connectivity index (χ2n) is 5.58. The van der Waals surface area contributed by atoms with Gasteiger partial charge in [0.25, 0.3) is 0 Å². The maximum atomic E-state index is 12.4. The molecule has 0 spiro atoms. The van der Waals surface area contributed by atoms with Crippen LogP contribution in [-0.4, -0.2) is 59.0 Å². The number of carbonyl (C=O) groups is 2. The van der Waals surface area contributed by atoms with Crippen LogP contribution in [0, 0.1) is 0 Å². The van der Waals surface area contributed by atoms with Crippen LogP contribution in [0.3, 0.4) is 0 Å². The number of hydrogen-bond acceptors (Lipinski definition) is 3. The van der Waals surface area contributed by atoms with Gasteiger partial charge < -0.3 is 10.0 Å². The molecule has 1 fully saturated rings. The second-order valence-corrected chi connectivity index (χ2v) is 5.58. The number of nitrogens with zero attached hydrogens (tertiary/aromatic N) is 2. The maximum absolute atomic E-state index is 12.4. The number of aliphatic carboxylic acids is 1. The summed E-state index contributed by atoms with van der Waals surface area (Å²) in [7, 11) is 0. The van der Waals surface area contributed by atoms with Gasteiger partial charge in [0.05, 0.1) is 13.1 Å². The molecule has 0 radical (unpaired) electrons. The predicted molar refractivity (Wildman–Crippen MR) is 78.6 cm³/mol. The first-order valence-electron chi connectivity index (χ1n) is 7.82. The smallest absolute Gasteiger partial charge is 0.317 e. The van der Waals surface area contributed by atoms with Crippen LogP contribution in [0.5, 0.6) is 0 Å². The van der Waals surface area contributed by atoms with E-state index in [1.807, 2.05) is 18.7 Å². The van der Waals surface area contributed by atoms with Crippen molar-refractivity contribution < 1.29 is 14.7 Å². The van der Waals surface area contributed by atoms with Crippen molar-refractivity contribution in [2.45, 2.75) is 58.4 Å². The molecule has 0 atom stereocenters. The van der Waals surface area contributed by atoms with E-state index >= 15 is 0 Å². The molecule has 0 aromatic carbocycles. The molecule has 20 heavy (non-hydrogen) atoms. The Morgan fingerprint density at radius 1 is 1.10 bits per heavy atom. The Morgan fingerprint density at radius 2 is 1.75 bits per heavy atom. The fourth-order valence-corrected chi connectivity index (χ4v) is 3.03. The van der Waals surface area contributed by atoms with Crippen molar-refractivity contribution in [1.82, 2.24) is 9.80 Å². The zero-order valence-electron chi connectivity index (χ0n) is 12.8. The summed E-state index contributed by atoms with van der Waals surface area (Å²) in [5, 5.41) is 8.90. The van der Waals surface area contributed by atoms with Gasteiger partial charge in [-0.05, 0) is 32.7 Å². The molecule has 1 saturated carbocycles. The van der Waals surface area contributed by atoms with Crippen LogP contribution in [0.4, 0.5) is 0 Å². The molecule has 0 saturated heterocycles. The molecule has 0 aromatic heterocycles. The number of rotatable bonds is 8. The Balaban J connectivity index is 2.56. The first-order valence-corrected chi connectivity index (χ1v) is 7.82. The van der Waals surface area contributed by atoms with Gasteiger partial charge in [-0.2, -0.15) is 0 Å². The van der Waals surface area contributed by atoms with Crippen LogP contribution in [0.1, 0.15) is 52.4 Å². The summed E-state index contributed by atoms with van der Waals surface area (Å²) in [6.07, 6.45) is 6.70. The summed E-state index contributed by atoms with van der Waals surface area (Å²) in [5.41, 5.74) is 0. The molecule has 0 unspecified atom stereocenters. The van der Waals surface area contributed by atoms with Gasteiger partial charge in [-0.25, -0.2) is 0 Å². The zero-order valence-corrected chi connectivity index (χ0v) is 12.8. The van der Waals surface area contributed by atoms with Gasteiger partial charge >= 0.3 is 5.97 Å². The third kappa shape index (κ3) is 5.49. The number of hydrogen-bond donors (Lipinski definition) is 1. The van der Waals surface area contributed by atoms with Gasteiger partial charge in [-0.1, -0.05) is 26.2 Å². The highest BCUT2D eigenvalue weighted by Gasteiger charge is 2.25. The summed E-state index contributed by atoms with van der Waals surface area (Å²) in [6, 6.07) is 0.356. The molecule has 1 aliphatic rings. The second kappa shape index (κ2) is 8.95. The lowest BCUT2D eigenvalue weighted by Gasteiger charge is -2.35. The summed E-state index contributed by atoms with van der Waals surface area (Å²) < 4.78 is 0. The highest BCUT2D eigenvalue weighted by Crippen LogP contribution is 2.22. The molecular formula is C15H28N2O3. The minimum Gasteiger partial charge on any atom is -0.480 e. The number of likely N-dealkylation sites (N-methyl/N-ethyl adjacent to an activating group) is 1. The minimum atomic E-state index is -0.869. The molecule has 0 aromatic rings. The molecule has 1 aliphatic carbocycles. The van der Waals surface area contributed by atoms with Crippen molar-refractivity contribution in [3.63, 3.8) is 0 Å². The fourth-order valence-electron chi connectivity index (χ4n) is 3.03. The minimum absolute atomic E-state index is 0.0538. The Kier molecular flexibility index (Phi) is 7.59. The van der Waals surface area contributed by atoms with Crippen molar-refractivity contribution in [1.29, 1.82) is 0 Å². The first kappa shape index (κ1) is 17.0. The third-order valence-corrected chi connectivity index (χ3v) is 3.93. The van der Waals surface area contributed by atoms with Gasteiger partial charge in [-0.15, -0.1) is 0 Å². The largest absolute Gasteiger partial charge is 0.480 e. The van der Waals surface area contributed by atoms with Crippen LogP contribution in [0.2, 0.25) is 0 Å². The van der Waals surface area contributed by atoms with E-state index in [0.717, 1.165) is 25.8 Å². The molecule has 116 valence electrons. The Labute approximate surface area is 121 Å². The van der Waals surface area contributed by atoms with E-state index in [1.54, 1.807) is 4.90 Å². The molecule has 1 rings (SSSR count). The molecule has 1 N–H and O–H groups in total. The van der Waals surface area contributed by atoms with E-state index in [1.165, 1.54) is 19.3 Å². The van der Waals surface area contributed by atoms with E-state index in [0.29, 0.717) is 12.6 Å². The van der Waals surface area contributed by atoms with Gasteiger partial charge in [0, 0.05) is 12.6 Å². The van der Waals surface area contributed by atoms with E-state index in [4.69, 9.17) is 5.11 Å². The quantitative estimate of drug-likeness (QED) is 0.740. The van der Waals surface area contributed by atoms with Gasteiger partial charge in [0.2, 0.25) is 5.91 Å². The number of carboxylic acids is 1. The summed E-state index contributed by atoms with van der Waals surface area (Å²) >= 11 is 0. The van der Waals surface area contributed by atoms with Crippen LogP contribution >= 0.6 is 0 Å². The molecule has 0 heterocycles. The van der Waals surface area contributed by atoms with Gasteiger partial charge in [0.1, 0.15) is 0 Å². The van der Waals surface area contributed by atoms with Crippen molar-refractivity contribution in [2.24, 2.45) is 0 Å². The van der Waals surface area contributed by atoms with E-state index in [-0.39, 0.29) is 19.0 Å². The van der Waals surface area contributed by atoms with E-state index in [9.17, 15) is 9.59 Å². The highest BCUT2D eigenvalue weighted by atomic mass is 16.4. The molecule has 5 nitrogen and oxygen atoms in total. The summed E-state index contributed by atoms with van der Waals surface area (Å²) in [4.78, 5) is 27.0. The average Bonchev–Trinajstić information content (AvgIpc) is 2.40. The lowest BCUT2D eigenvalue weighted by molar-refractivity contribution is -0.140. The topological polar surface area (TPSA) is 60.9 Å². The van der Waals surface area contributed by atoms with Crippen LogP contribution in [0.25, 0.3) is 0 Å². The van der Waals surface area contributed by atoms with Gasteiger partial charge in [0.15, 0.2) is 0 Å². The molecular weight excluding hydrogens is 256 g/mol. The summed E-state index contributed by atoms with van der Waals surface area (Å²) in [5.74, 6) is -0.791. The van der Waals surface area contributed by atoms with Crippen molar-refractivity contribution >= 4 is 11.9 Å². The maximum Gasteiger partial charge on any atom is 0.317 e. The standard InChI is InChI=1S/C15H28N2O3/c1-3-10-16(12-15(19)20)11-14(18)17(4-2)13-8-6-5-7-9-13/h13H,3-12H2,1-2H3,(H,19,20).